The monoisotopic (exact) mass is 273 g/mol. The normalized spacial score (nSPS) is 24.9. The van der Waals surface area contributed by atoms with Crippen molar-refractivity contribution in [2.75, 3.05) is 40.3 Å². The average Bonchev–Trinajstić information content (AvgIpc) is 2.48. The molecule has 0 aromatic heterocycles. The molecule has 0 aliphatic carbocycles. The standard InChI is InChI=1S/C17H27N3/c1-19-11-8-15(9-12-19)20(2)13-17-16-6-4-3-5-14(16)7-10-18-17/h3-6,15,17-18H,7-13H2,1-2H3. The van der Waals surface area contributed by atoms with Crippen molar-refractivity contribution >= 4 is 0 Å². The van der Waals surface area contributed by atoms with E-state index in [1.165, 1.54) is 43.5 Å². The van der Waals surface area contributed by atoms with Crippen molar-refractivity contribution in [1.82, 2.24) is 15.1 Å². The molecule has 1 atom stereocenters. The first-order chi connectivity index (χ1) is 9.74. The van der Waals surface area contributed by atoms with E-state index in [2.05, 4.69) is 53.5 Å². The average molecular weight is 273 g/mol. The van der Waals surface area contributed by atoms with E-state index in [0.29, 0.717) is 6.04 Å². The summed E-state index contributed by atoms with van der Waals surface area (Å²) in [4.78, 5) is 5.02. The summed E-state index contributed by atoms with van der Waals surface area (Å²) < 4.78 is 0. The summed E-state index contributed by atoms with van der Waals surface area (Å²) in [6, 6.07) is 10.2. The first kappa shape index (κ1) is 14.1. The van der Waals surface area contributed by atoms with Gasteiger partial charge in [0.15, 0.2) is 0 Å². The van der Waals surface area contributed by atoms with Crippen LogP contribution in [0.4, 0.5) is 0 Å². The third kappa shape index (κ3) is 3.05. The van der Waals surface area contributed by atoms with Crippen molar-refractivity contribution in [1.29, 1.82) is 0 Å². The number of benzene rings is 1. The maximum atomic E-state index is 3.70. The van der Waals surface area contributed by atoms with Gasteiger partial charge in [0.1, 0.15) is 0 Å². The number of hydrogen-bond donors (Lipinski definition) is 1. The molecule has 0 spiro atoms. The van der Waals surface area contributed by atoms with Crippen LogP contribution in [0.2, 0.25) is 0 Å². The minimum Gasteiger partial charge on any atom is -0.309 e. The van der Waals surface area contributed by atoms with Crippen molar-refractivity contribution < 1.29 is 0 Å². The molecule has 1 aromatic carbocycles. The summed E-state index contributed by atoms with van der Waals surface area (Å²) in [6.07, 6.45) is 3.79. The maximum absolute atomic E-state index is 3.70. The van der Waals surface area contributed by atoms with E-state index in [0.717, 1.165) is 19.1 Å². The Hall–Kier alpha value is -0.900. The van der Waals surface area contributed by atoms with Crippen LogP contribution in [-0.2, 0) is 6.42 Å². The predicted molar refractivity (Wildman–Crippen MR) is 84.0 cm³/mol. The topological polar surface area (TPSA) is 18.5 Å². The first-order valence-corrected chi connectivity index (χ1v) is 7.94. The molecule has 1 fully saturated rings. The lowest BCUT2D eigenvalue weighted by molar-refractivity contribution is 0.133. The largest absolute Gasteiger partial charge is 0.309 e. The van der Waals surface area contributed by atoms with Crippen LogP contribution in [0, 0.1) is 0 Å². The SMILES string of the molecule is CN1CCC(N(C)CC2NCCc3ccccc32)CC1. The van der Waals surface area contributed by atoms with E-state index in [-0.39, 0.29) is 0 Å². The van der Waals surface area contributed by atoms with E-state index in [9.17, 15) is 0 Å². The number of likely N-dealkylation sites (N-methyl/N-ethyl adjacent to an activating group) is 1. The lowest BCUT2D eigenvalue weighted by atomic mass is 9.93. The van der Waals surface area contributed by atoms with Gasteiger partial charge in [-0.2, -0.15) is 0 Å². The molecule has 3 heteroatoms. The van der Waals surface area contributed by atoms with Crippen LogP contribution in [0.3, 0.4) is 0 Å². The maximum Gasteiger partial charge on any atom is 0.0452 e. The van der Waals surface area contributed by atoms with E-state index in [1.54, 1.807) is 0 Å². The van der Waals surface area contributed by atoms with Crippen LogP contribution in [0.5, 0.6) is 0 Å². The minimum atomic E-state index is 0.504. The van der Waals surface area contributed by atoms with Gasteiger partial charge in [-0.3, -0.25) is 0 Å². The molecule has 1 N–H and O–H groups in total. The van der Waals surface area contributed by atoms with Gasteiger partial charge in [0.05, 0.1) is 0 Å². The molecule has 0 saturated carbocycles. The summed E-state index contributed by atoms with van der Waals surface area (Å²) in [5.41, 5.74) is 3.05. The number of hydrogen-bond acceptors (Lipinski definition) is 3. The van der Waals surface area contributed by atoms with Crippen LogP contribution in [-0.4, -0.2) is 56.1 Å². The minimum absolute atomic E-state index is 0.504. The first-order valence-electron chi connectivity index (χ1n) is 7.94. The van der Waals surface area contributed by atoms with E-state index in [1.807, 2.05) is 0 Å². The highest BCUT2D eigenvalue weighted by Gasteiger charge is 2.25. The zero-order chi connectivity index (χ0) is 13.9. The Labute approximate surface area is 123 Å². The Morgan fingerprint density at radius 1 is 1.25 bits per heavy atom. The molecule has 0 bridgehead atoms. The van der Waals surface area contributed by atoms with Crippen molar-refractivity contribution in [2.24, 2.45) is 0 Å². The molecular weight excluding hydrogens is 246 g/mol. The van der Waals surface area contributed by atoms with Crippen molar-refractivity contribution in [2.45, 2.75) is 31.3 Å². The summed E-state index contributed by atoms with van der Waals surface area (Å²) in [5.74, 6) is 0. The molecule has 20 heavy (non-hydrogen) atoms. The Morgan fingerprint density at radius 3 is 2.80 bits per heavy atom. The van der Waals surface area contributed by atoms with Gasteiger partial charge in [-0.25, -0.2) is 0 Å². The molecule has 3 rings (SSSR count). The highest BCUT2D eigenvalue weighted by Crippen LogP contribution is 2.25. The van der Waals surface area contributed by atoms with Crippen LogP contribution in [0.25, 0.3) is 0 Å². The molecule has 110 valence electrons. The van der Waals surface area contributed by atoms with Crippen LogP contribution >= 0.6 is 0 Å². The van der Waals surface area contributed by atoms with Crippen LogP contribution < -0.4 is 5.32 Å². The number of rotatable bonds is 3. The second kappa shape index (κ2) is 6.25. The summed E-state index contributed by atoms with van der Waals surface area (Å²) in [6.45, 7) is 4.72. The Bertz CT molecular complexity index is 438. The van der Waals surface area contributed by atoms with Gasteiger partial charge in [0.25, 0.3) is 0 Å². The number of nitrogens with zero attached hydrogens (tertiary/aromatic N) is 2. The zero-order valence-corrected chi connectivity index (χ0v) is 12.8. The van der Waals surface area contributed by atoms with Gasteiger partial charge in [-0.15, -0.1) is 0 Å². The van der Waals surface area contributed by atoms with Crippen molar-refractivity contribution in [3.63, 3.8) is 0 Å². The van der Waals surface area contributed by atoms with Gasteiger partial charge in [-0.05, 0) is 64.1 Å². The summed E-state index contributed by atoms with van der Waals surface area (Å²) in [7, 11) is 4.53. The fraction of sp³-hybridized carbons (Fsp3) is 0.647. The third-order valence-corrected chi connectivity index (χ3v) is 5.00. The quantitative estimate of drug-likeness (QED) is 0.907. The highest BCUT2D eigenvalue weighted by molar-refractivity contribution is 5.32. The van der Waals surface area contributed by atoms with Gasteiger partial charge in [0, 0.05) is 18.6 Å². The second-order valence-corrected chi connectivity index (χ2v) is 6.43. The zero-order valence-electron chi connectivity index (χ0n) is 12.8. The Kier molecular flexibility index (Phi) is 4.39. The molecule has 0 radical (unpaired) electrons. The summed E-state index contributed by atoms with van der Waals surface area (Å²) >= 11 is 0. The highest BCUT2D eigenvalue weighted by atomic mass is 15.2. The second-order valence-electron chi connectivity index (χ2n) is 6.43. The van der Waals surface area contributed by atoms with E-state index >= 15 is 0 Å². The fourth-order valence-electron chi connectivity index (χ4n) is 3.63. The predicted octanol–water partition coefficient (Wildman–Crippen LogP) is 1.90. The Morgan fingerprint density at radius 2 is 2.00 bits per heavy atom. The molecule has 1 aromatic rings. The van der Waals surface area contributed by atoms with Gasteiger partial charge in [-0.1, -0.05) is 24.3 Å². The number of fused-ring (bicyclic) bond motifs is 1. The van der Waals surface area contributed by atoms with Gasteiger partial charge in [0.2, 0.25) is 0 Å². The molecular formula is C17H27N3. The van der Waals surface area contributed by atoms with Crippen LogP contribution in [0.1, 0.15) is 30.0 Å². The smallest absolute Gasteiger partial charge is 0.0452 e. The third-order valence-electron chi connectivity index (χ3n) is 5.00. The van der Waals surface area contributed by atoms with Crippen LogP contribution in [0.15, 0.2) is 24.3 Å². The number of likely N-dealkylation sites (tertiary alicyclic amines) is 1. The number of nitrogens with one attached hydrogen (secondary N) is 1. The molecule has 1 saturated heterocycles. The molecule has 2 heterocycles. The Balaban J connectivity index is 1.63. The van der Waals surface area contributed by atoms with E-state index in [4.69, 9.17) is 0 Å². The van der Waals surface area contributed by atoms with Gasteiger partial charge < -0.3 is 15.1 Å². The van der Waals surface area contributed by atoms with Crippen molar-refractivity contribution in [3.8, 4) is 0 Å². The van der Waals surface area contributed by atoms with Crippen molar-refractivity contribution in [3.05, 3.63) is 35.4 Å². The lowest BCUT2D eigenvalue weighted by Gasteiger charge is -2.38. The fourth-order valence-corrected chi connectivity index (χ4v) is 3.63. The summed E-state index contributed by atoms with van der Waals surface area (Å²) in [5, 5.41) is 3.70. The molecule has 3 nitrogen and oxygen atoms in total. The van der Waals surface area contributed by atoms with E-state index < -0.39 is 0 Å². The molecule has 1 unspecified atom stereocenters. The molecule has 2 aliphatic heterocycles. The van der Waals surface area contributed by atoms with Gasteiger partial charge >= 0.3 is 0 Å². The lowest BCUT2D eigenvalue weighted by Crippen LogP contribution is -2.45. The molecule has 0 amide bonds. The molecule has 2 aliphatic rings. The number of piperidine rings is 1.